The maximum Gasteiger partial charge on any atom is 0.115 e. The van der Waals surface area contributed by atoms with Crippen molar-refractivity contribution < 1.29 is 5.11 Å². The van der Waals surface area contributed by atoms with Crippen LogP contribution in [0.2, 0.25) is 0 Å². The van der Waals surface area contributed by atoms with Crippen molar-refractivity contribution in [3.8, 4) is 5.75 Å². The van der Waals surface area contributed by atoms with E-state index in [9.17, 15) is 5.11 Å². The van der Waals surface area contributed by atoms with E-state index >= 15 is 0 Å². The Bertz CT molecular complexity index is 459. The van der Waals surface area contributed by atoms with E-state index in [-0.39, 0.29) is 5.41 Å². The number of unbranched alkanes of at least 4 members (excludes halogenated alkanes) is 4. The summed E-state index contributed by atoms with van der Waals surface area (Å²) in [6, 6.07) is 7.87. The molecule has 0 amide bonds. The van der Waals surface area contributed by atoms with Crippen molar-refractivity contribution >= 4 is 0 Å². The SMILES string of the molecule is CCCCCCCN1CC[C@](C)(c2cccc(O)c2)[C@@H](C)C1. The van der Waals surface area contributed by atoms with Gasteiger partial charge in [0.15, 0.2) is 0 Å². The fourth-order valence-corrected chi connectivity index (χ4v) is 3.75. The largest absolute Gasteiger partial charge is 0.508 e. The summed E-state index contributed by atoms with van der Waals surface area (Å²) in [5.41, 5.74) is 1.49. The maximum atomic E-state index is 9.77. The third kappa shape index (κ3) is 4.25. The predicted octanol–water partition coefficient (Wildman–Crippen LogP) is 4.96. The van der Waals surface area contributed by atoms with E-state index in [1.54, 1.807) is 6.07 Å². The summed E-state index contributed by atoms with van der Waals surface area (Å²) in [6.07, 6.45) is 8.00. The first kappa shape index (κ1) is 17.3. The zero-order valence-electron chi connectivity index (χ0n) is 14.6. The minimum atomic E-state index is 0.192. The number of rotatable bonds is 7. The highest BCUT2D eigenvalue weighted by Gasteiger charge is 2.37. The molecule has 0 bridgehead atoms. The van der Waals surface area contributed by atoms with Crippen molar-refractivity contribution in [2.75, 3.05) is 19.6 Å². The van der Waals surface area contributed by atoms with Gasteiger partial charge < -0.3 is 10.0 Å². The van der Waals surface area contributed by atoms with Crippen LogP contribution in [0.15, 0.2) is 24.3 Å². The lowest BCUT2D eigenvalue weighted by molar-refractivity contribution is 0.109. The number of piperidine rings is 1. The lowest BCUT2D eigenvalue weighted by Gasteiger charge is -2.45. The summed E-state index contributed by atoms with van der Waals surface area (Å²) in [4.78, 5) is 2.64. The normalized spacial score (nSPS) is 26.2. The number of hydrogen-bond acceptors (Lipinski definition) is 2. The van der Waals surface area contributed by atoms with Crippen LogP contribution >= 0.6 is 0 Å². The van der Waals surface area contributed by atoms with Crippen LogP contribution in [0.25, 0.3) is 0 Å². The van der Waals surface area contributed by atoms with Gasteiger partial charge in [-0.2, -0.15) is 0 Å². The predicted molar refractivity (Wildman–Crippen MR) is 94.4 cm³/mol. The highest BCUT2D eigenvalue weighted by Crippen LogP contribution is 2.40. The standard InChI is InChI=1S/C20H33NO/c1-4-5-6-7-8-13-21-14-12-20(3,17(2)16-21)18-10-9-11-19(22)15-18/h9-11,15,17,22H,4-8,12-14,16H2,1-3H3/t17-,20-/m0/s1. The van der Waals surface area contributed by atoms with Crippen molar-refractivity contribution in [2.45, 2.75) is 64.7 Å². The van der Waals surface area contributed by atoms with Gasteiger partial charge in [0.25, 0.3) is 0 Å². The van der Waals surface area contributed by atoms with E-state index in [0.29, 0.717) is 11.7 Å². The second-order valence-electron chi connectivity index (χ2n) is 7.33. The molecule has 1 aromatic rings. The van der Waals surface area contributed by atoms with Crippen LogP contribution in [0.4, 0.5) is 0 Å². The number of phenols is 1. The lowest BCUT2D eigenvalue weighted by Crippen LogP contribution is -2.47. The summed E-state index contributed by atoms with van der Waals surface area (Å²) >= 11 is 0. The lowest BCUT2D eigenvalue weighted by atomic mass is 9.68. The molecule has 1 heterocycles. The Morgan fingerprint density at radius 3 is 2.68 bits per heavy atom. The number of phenolic OH excluding ortho intramolecular Hbond substituents is 1. The summed E-state index contributed by atoms with van der Waals surface area (Å²) < 4.78 is 0. The highest BCUT2D eigenvalue weighted by atomic mass is 16.3. The molecule has 2 heteroatoms. The van der Waals surface area contributed by atoms with E-state index in [0.717, 1.165) is 0 Å². The van der Waals surface area contributed by atoms with Crippen LogP contribution in [0.3, 0.4) is 0 Å². The summed E-state index contributed by atoms with van der Waals surface area (Å²) in [7, 11) is 0. The first-order chi connectivity index (χ1) is 10.6. The zero-order valence-corrected chi connectivity index (χ0v) is 14.6. The Hall–Kier alpha value is -1.02. The Morgan fingerprint density at radius 2 is 2.00 bits per heavy atom. The molecule has 0 saturated carbocycles. The van der Waals surface area contributed by atoms with Crippen molar-refractivity contribution in [1.82, 2.24) is 4.90 Å². The van der Waals surface area contributed by atoms with Crippen LogP contribution in [0.5, 0.6) is 5.75 Å². The minimum Gasteiger partial charge on any atom is -0.508 e. The van der Waals surface area contributed by atoms with Gasteiger partial charge in [-0.3, -0.25) is 0 Å². The number of hydrogen-bond donors (Lipinski definition) is 1. The zero-order chi connectivity index (χ0) is 16.0. The van der Waals surface area contributed by atoms with Gasteiger partial charge in [-0.1, -0.05) is 58.6 Å². The van der Waals surface area contributed by atoms with Gasteiger partial charge in [0.05, 0.1) is 0 Å². The molecule has 1 aliphatic rings. The molecule has 0 aromatic heterocycles. The van der Waals surface area contributed by atoms with Crippen molar-refractivity contribution in [3.63, 3.8) is 0 Å². The van der Waals surface area contributed by atoms with Crippen LogP contribution in [-0.2, 0) is 5.41 Å². The second-order valence-corrected chi connectivity index (χ2v) is 7.33. The minimum absolute atomic E-state index is 0.192. The molecule has 1 aromatic carbocycles. The Kier molecular flexibility index (Phi) is 6.31. The Labute approximate surface area is 136 Å². The first-order valence-electron chi connectivity index (χ1n) is 9.08. The van der Waals surface area contributed by atoms with Crippen molar-refractivity contribution in [2.24, 2.45) is 5.92 Å². The van der Waals surface area contributed by atoms with Gasteiger partial charge in [-0.15, -0.1) is 0 Å². The molecule has 1 aliphatic heterocycles. The quantitative estimate of drug-likeness (QED) is 0.719. The smallest absolute Gasteiger partial charge is 0.115 e. The number of benzene rings is 1. The summed E-state index contributed by atoms with van der Waals surface area (Å²) in [5, 5.41) is 9.77. The summed E-state index contributed by atoms with van der Waals surface area (Å²) in [5.74, 6) is 1.02. The van der Waals surface area contributed by atoms with E-state index in [1.807, 2.05) is 12.1 Å². The molecule has 0 spiro atoms. The van der Waals surface area contributed by atoms with Crippen molar-refractivity contribution in [3.05, 3.63) is 29.8 Å². The van der Waals surface area contributed by atoms with Crippen LogP contribution in [0.1, 0.15) is 64.9 Å². The van der Waals surface area contributed by atoms with Gasteiger partial charge in [0.2, 0.25) is 0 Å². The molecular weight excluding hydrogens is 270 g/mol. The third-order valence-corrected chi connectivity index (χ3v) is 5.65. The molecule has 0 aliphatic carbocycles. The average molecular weight is 303 g/mol. The summed E-state index contributed by atoms with van der Waals surface area (Å²) in [6.45, 7) is 10.6. The van der Waals surface area contributed by atoms with Gasteiger partial charge in [0.1, 0.15) is 5.75 Å². The van der Waals surface area contributed by atoms with Gasteiger partial charge >= 0.3 is 0 Å². The highest BCUT2D eigenvalue weighted by molar-refractivity contribution is 5.33. The second kappa shape index (κ2) is 8.01. The van der Waals surface area contributed by atoms with Gasteiger partial charge in [0, 0.05) is 6.54 Å². The van der Waals surface area contributed by atoms with E-state index in [2.05, 4.69) is 31.7 Å². The fourth-order valence-electron chi connectivity index (χ4n) is 3.75. The third-order valence-electron chi connectivity index (χ3n) is 5.65. The molecule has 1 saturated heterocycles. The average Bonchev–Trinajstić information content (AvgIpc) is 2.50. The molecule has 0 unspecified atom stereocenters. The monoisotopic (exact) mass is 303 g/mol. The fraction of sp³-hybridized carbons (Fsp3) is 0.700. The van der Waals surface area contributed by atoms with E-state index < -0.39 is 0 Å². The van der Waals surface area contributed by atoms with Crippen LogP contribution in [-0.4, -0.2) is 29.6 Å². The van der Waals surface area contributed by atoms with Crippen LogP contribution in [0, 0.1) is 5.92 Å². The first-order valence-corrected chi connectivity index (χ1v) is 9.08. The number of aromatic hydroxyl groups is 1. The van der Waals surface area contributed by atoms with E-state index in [1.165, 1.54) is 63.7 Å². The molecule has 124 valence electrons. The molecule has 2 nitrogen and oxygen atoms in total. The Morgan fingerprint density at radius 1 is 1.23 bits per heavy atom. The molecule has 2 atom stereocenters. The van der Waals surface area contributed by atoms with Crippen LogP contribution < -0.4 is 0 Å². The molecule has 0 radical (unpaired) electrons. The molecule has 2 rings (SSSR count). The molecule has 1 fully saturated rings. The number of nitrogens with zero attached hydrogens (tertiary/aromatic N) is 1. The number of likely N-dealkylation sites (tertiary alicyclic amines) is 1. The maximum absolute atomic E-state index is 9.77. The van der Waals surface area contributed by atoms with Crippen molar-refractivity contribution in [1.29, 1.82) is 0 Å². The Balaban J connectivity index is 1.87. The van der Waals surface area contributed by atoms with Gasteiger partial charge in [-0.05, 0) is 55.0 Å². The topological polar surface area (TPSA) is 23.5 Å². The van der Waals surface area contributed by atoms with E-state index in [4.69, 9.17) is 0 Å². The molecular formula is C20H33NO. The molecule has 22 heavy (non-hydrogen) atoms. The molecule has 1 N–H and O–H groups in total. The van der Waals surface area contributed by atoms with Gasteiger partial charge in [-0.25, -0.2) is 0 Å².